The van der Waals surface area contributed by atoms with E-state index in [9.17, 15) is 12.8 Å². The first-order valence-electron chi connectivity index (χ1n) is 13.5. The van der Waals surface area contributed by atoms with E-state index in [0.29, 0.717) is 12.1 Å². The lowest BCUT2D eigenvalue weighted by Gasteiger charge is -2.36. The summed E-state index contributed by atoms with van der Waals surface area (Å²) >= 11 is 0. The molecule has 4 N–H and O–H groups in total. The van der Waals surface area contributed by atoms with Crippen LogP contribution in [0.1, 0.15) is 44.2 Å². The van der Waals surface area contributed by atoms with Gasteiger partial charge in [-0.2, -0.15) is 5.01 Å². The Kier molecular flexibility index (Phi) is 7.78. The van der Waals surface area contributed by atoms with E-state index in [1.807, 2.05) is 0 Å². The van der Waals surface area contributed by atoms with Gasteiger partial charge in [0.25, 0.3) is 0 Å². The Morgan fingerprint density at radius 1 is 1.08 bits per heavy atom. The van der Waals surface area contributed by atoms with Crippen molar-refractivity contribution in [3.8, 4) is 0 Å². The predicted molar refractivity (Wildman–Crippen MR) is 147 cm³/mol. The Labute approximate surface area is 223 Å². The van der Waals surface area contributed by atoms with Gasteiger partial charge in [0.2, 0.25) is 10.0 Å². The summed E-state index contributed by atoms with van der Waals surface area (Å²) < 4.78 is 56.7. The molecule has 38 heavy (non-hydrogen) atoms. The number of nitrogens with one attached hydrogen (secondary N) is 2. The van der Waals surface area contributed by atoms with Crippen LogP contribution in [-0.4, -0.2) is 51.8 Å². The maximum atomic E-state index is 15.3. The standard InChI is InChI=1S/C27H36F2N6O2S/c1-3-13-38(36,37)31-24-8-7-23(28)27(26(24)29)35-18-25(30-32-35)21-14-19(4-2)15-22(16-21)34-11-9-33(10-12-34)17-20-5-6-20/h7-8,14-16,18,20,30-32H,3-6,9-13,17H2,1-2H3/p+1. The summed E-state index contributed by atoms with van der Waals surface area (Å²) in [5.74, 6) is -1.01. The van der Waals surface area contributed by atoms with E-state index in [-0.39, 0.29) is 17.1 Å². The van der Waals surface area contributed by atoms with Crippen molar-refractivity contribution in [3.05, 3.63) is 59.3 Å². The van der Waals surface area contributed by atoms with E-state index in [0.717, 1.165) is 61.9 Å². The molecule has 1 saturated heterocycles. The summed E-state index contributed by atoms with van der Waals surface area (Å²) in [4.78, 5) is 4.97. The monoisotopic (exact) mass is 547 g/mol. The molecule has 5 rings (SSSR count). The molecule has 0 aromatic heterocycles. The van der Waals surface area contributed by atoms with E-state index < -0.39 is 21.7 Å². The molecule has 11 heteroatoms. The number of hydrogen-bond donors (Lipinski definition) is 3. The summed E-state index contributed by atoms with van der Waals surface area (Å²) in [6, 6.07) is 8.61. The minimum Gasteiger partial charge on any atom is -0.369 e. The quantitative estimate of drug-likeness (QED) is 0.397. The smallest absolute Gasteiger partial charge is 0.232 e. The molecule has 8 nitrogen and oxygen atoms in total. The molecule has 2 aromatic carbocycles. The number of rotatable bonds is 10. The molecule has 2 aromatic rings. The topological polar surface area (TPSA) is 84.5 Å². The van der Waals surface area contributed by atoms with Gasteiger partial charge in [-0.05, 0) is 67.5 Å². The number of aryl methyl sites for hydroxylation is 1. The fourth-order valence-corrected chi connectivity index (χ4v) is 6.19. The van der Waals surface area contributed by atoms with Gasteiger partial charge in [-0.3, -0.25) is 9.62 Å². The van der Waals surface area contributed by atoms with Crippen LogP contribution in [0.2, 0.25) is 0 Å². The molecule has 0 bridgehead atoms. The Morgan fingerprint density at radius 3 is 2.53 bits per heavy atom. The minimum atomic E-state index is -3.72. The van der Waals surface area contributed by atoms with Crippen molar-refractivity contribution >= 4 is 32.8 Å². The first-order valence-corrected chi connectivity index (χ1v) is 15.1. The maximum Gasteiger partial charge on any atom is 0.232 e. The normalized spacial score (nSPS) is 18.5. The zero-order valence-corrected chi connectivity index (χ0v) is 22.8. The third-order valence-electron chi connectivity index (χ3n) is 7.34. The highest BCUT2D eigenvalue weighted by Gasteiger charge is 2.29. The zero-order valence-electron chi connectivity index (χ0n) is 22.0. The number of hydrogen-bond acceptors (Lipinski definition) is 6. The molecule has 1 aliphatic carbocycles. The van der Waals surface area contributed by atoms with E-state index in [4.69, 9.17) is 0 Å². The second-order valence-corrected chi connectivity index (χ2v) is 12.2. The highest BCUT2D eigenvalue weighted by Crippen LogP contribution is 2.32. The Bertz CT molecular complexity index is 1310. The first kappa shape index (κ1) is 26.7. The molecular weight excluding hydrogens is 510 g/mol. The van der Waals surface area contributed by atoms with Gasteiger partial charge < -0.3 is 4.90 Å². The van der Waals surface area contributed by atoms with Crippen LogP contribution in [0.4, 0.5) is 25.8 Å². The van der Waals surface area contributed by atoms with Gasteiger partial charge in [-0.1, -0.05) is 13.8 Å². The summed E-state index contributed by atoms with van der Waals surface area (Å²) in [5.41, 5.74) is 7.98. The van der Waals surface area contributed by atoms with E-state index in [1.54, 1.807) is 13.1 Å². The number of anilines is 3. The number of halogens is 2. The van der Waals surface area contributed by atoms with E-state index in [2.05, 4.69) is 45.1 Å². The minimum absolute atomic E-state index is 0.147. The summed E-state index contributed by atoms with van der Waals surface area (Å²) in [7, 11) is -3.72. The van der Waals surface area contributed by atoms with Crippen LogP contribution in [0.25, 0.3) is 5.70 Å². The largest absolute Gasteiger partial charge is 0.369 e. The van der Waals surface area contributed by atoms with Crippen LogP contribution in [0, 0.1) is 17.6 Å². The Balaban J connectivity index is 1.37. The third kappa shape index (κ3) is 6.05. The van der Waals surface area contributed by atoms with Gasteiger partial charge in [0, 0.05) is 44.0 Å². The summed E-state index contributed by atoms with van der Waals surface area (Å²) in [5, 5.41) is 1.33. The first-order chi connectivity index (χ1) is 18.3. The van der Waals surface area contributed by atoms with Crippen molar-refractivity contribution in [2.45, 2.75) is 39.5 Å². The fraction of sp³-hybridized carbons (Fsp3) is 0.481. The number of nitrogens with two attached hydrogens (primary N) is 1. The van der Waals surface area contributed by atoms with Gasteiger partial charge in [0.05, 0.1) is 17.6 Å². The molecule has 0 amide bonds. The lowest BCUT2D eigenvalue weighted by Crippen LogP contribution is -2.97. The number of nitrogens with zero attached hydrogens (tertiary/aromatic N) is 3. The second-order valence-electron chi connectivity index (χ2n) is 10.4. The van der Waals surface area contributed by atoms with Crippen LogP contribution < -0.4 is 25.6 Å². The molecule has 2 fully saturated rings. The Morgan fingerprint density at radius 2 is 1.84 bits per heavy atom. The van der Waals surface area contributed by atoms with E-state index in [1.165, 1.54) is 35.5 Å². The van der Waals surface area contributed by atoms with Gasteiger partial charge in [-0.15, -0.1) is 5.53 Å². The third-order valence-corrected chi connectivity index (χ3v) is 8.81. The fourth-order valence-electron chi connectivity index (χ4n) is 5.05. The molecule has 2 aliphatic heterocycles. The summed E-state index contributed by atoms with van der Waals surface area (Å²) in [6.45, 7) is 9.11. The van der Waals surface area contributed by atoms with Gasteiger partial charge in [0.1, 0.15) is 5.70 Å². The molecule has 2 heterocycles. The van der Waals surface area contributed by atoms with E-state index >= 15 is 4.39 Å². The van der Waals surface area contributed by atoms with Gasteiger partial charge in [-0.25, -0.2) is 22.6 Å². The molecule has 0 unspecified atom stereocenters. The maximum absolute atomic E-state index is 15.3. The van der Waals surface area contributed by atoms with Gasteiger partial charge in [0.15, 0.2) is 17.3 Å². The SMILES string of the molecule is CCCS(=O)(=O)Nc1ccc(F)c(N2C=C(c3cc(CC)cc(N4CCN(CC5CC5)CC4)c3)N[NH2+]2)c1F. The molecule has 1 saturated carbocycles. The highest BCUT2D eigenvalue weighted by atomic mass is 32.2. The van der Waals surface area contributed by atoms with Crippen molar-refractivity contribution in [2.24, 2.45) is 5.92 Å². The number of piperazine rings is 1. The van der Waals surface area contributed by atoms with Crippen molar-refractivity contribution in [1.29, 1.82) is 0 Å². The van der Waals surface area contributed by atoms with Crippen LogP contribution in [0.15, 0.2) is 36.5 Å². The van der Waals surface area contributed by atoms with Crippen LogP contribution in [0.5, 0.6) is 0 Å². The highest BCUT2D eigenvalue weighted by molar-refractivity contribution is 7.92. The Hall–Kier alpha value is -2.89. The molecule has 0 spiro atoms. The lowest BCUT2D eigenvalue weighted by atomic mass is 10.0. The average molecular weight is 548 g/mol. The van der Waals surface area contributed by atoms with Crippen molar-refractivity contribution in [2.75, 3.05) is 53.1 Å². The van der Waals surface area contributed by atoms with Crippen LogP contribution in [-0.2, 0) is 16.4 Å². The number of quaternary nitrogens is 1. The number of sulfonamides is 1. The van der Waals surface area contributed by atoms with Crippen molar-refractivity contribution in [3.63, 3.8) is 0 Å². The van der Waals surface area contributed by atoms with Crippen molar-refractivity contribution in [1.82, 2.24) is 10.3 Å². The van der Waals surface area contributed by atoms with Crippen LogP contribution in [0.3, 0.4) is 0 Å². The average Bonchev–Trinajstić information content (AvgIpc) is 3.58. The molecule has 206 valence electrons. The molecule has 3 aliphatic rings. The molecule has 0 atom stereocenters. The van der Waals surface area contributed by atoms with Crippen molar-refractivity contribution < 1.29 is 22.7 Å². The zero-order chi connectivity index (χ0) is 26.9. The lowest BCUT2D eigenvalue weighted by molar-refractivity contribution is -0.696. The molecular formula is C27H37F2N6O2S+. The van der Waals surface area contributed by atoms with Gasteiger partial charge >= 0.3 is 0 Å². The second kappa shape index (κ2) is 11.1. The number of benzene rings is 2. The predicted octanol–water partition coefficient (Wildman–Crippen LogP) is 3.01. The van der Waals surface area contributed by atoms with Crippen LogP contribution >= 0.6 is 0 Å². The molecule has 0 radical (unpaired) electrons. The summed E-state index contributed by atoms with van der Waals surface area (Å²) in [6.07, 6.45) is 5.62.